The number of sulfonamides is 1. The number of anilines is 1. The molecule has 3 atom stereocenters. The number of hydrogen-bond acceptors (Lipinski definition) is 7. The van der Waals surface area contributed by atoms with Gasteiger partial charge in [0, 0.05) is 42.9 Å². The average Bonchev–Trinajstić information content (AvgIpc) is 3.06. The van der Waals surface area contributed by atoms with Crippen molar-refractivity contribution in [1.29, 1.82) is 0 Å². The van der Waals surface area contributed by atoms with E-state index in [1.807, 2.05) is 25.1 Å². The number of piperazine rings is 1. The highest BCUT2D eigenvalue weighted by molar-refractivity contribution is 7.89. The van der Waals surface area contributed by atoms with Crippen LogP contribution in [0, 0.1) is 12.8 Å². The molecule has 2 aliphatic heterocycles. The summed E-state index contributed by atoms with van der Waals surface area (Å²) in [5.74, 6) is -1.30. The molecule has 0 spiro atoms. The van der Waals surface area contributed by atoms with Gasteiger partial charge in [0.25, 0.3) is 0 Å². The van der Waals surface area contributed by atoms with E-state index in [2.05, 4.69) is 15.8 Å². The Hall–Kier alpha value is -1.39. The molecule has 2 saturated heterocycles. The normalized spacial score (nSPS) is 26.4. The first-order valence-corrected chi connectivity index (χ1v) is 11.3. The zero-order chi connectivity index (χ0) is 20.5. The molecular formula is C18H27ClN4O4S. The van der Waals surface area contributed by atoms with Gasteiger partial charge in [0.15, 0.2) is 5.37 Å². The van der Waals surface area contributed by atoms with Gasteiger partial charge >= 0.3 is 5.97 Å². The van der Waals surface area contributed by atoms with Crippen LogP contribution in [0.25, 0.3) is 0 Å². The van der Waals surface area contributed by atoms with E-state index in [4.69, 9.17) is 16.3 Å². The number of ether oxygens (including phenoxy) is 1. The van der Waals surface area contributed by atoms with Crippen LogP contribution in [0.1, 0.15) is 19.4 Å². The van der Waals surface area contributed by atoms with Crippen molar-refractivity contribution in [2.45, 2.75) is 32.2 Å². The van der Waals surface area contributed by atoms with Gasteiger partial charge in [0.1, 0.15) is 5.92 Å². The van der Waals surface area contributed by atoms with E-state index in [0.29, 0.717) is 31.2 Å². The van der Waals surface area contributed by atoms with Gasteiger partial charge in [-0.05, 0) is 38.5 Å². The number of rotatable bonds is 5. The Morgan fingerprint density at radius 2 is 1.93 bits per heavy atom. The van der Waals surface area contributed by atoms with Gasteiger partial charge in [-0.3, -0.25) is 10.2 Å². The van der Waals surface area contributed by atoms with Crippen molar-refractivity contribution in [3.63, 3.8) is 0 Å². The average molecular weight is 431 g/mol. The molecule has 8 nitrogen and oxygen atoms in total. The maximum Gasteiger partial charge on any atom is 0.313 e. The van der Waals surface area contributed by atoms with E-state index in [-0.39, 0.29) is 12.6 Å². The van der Waals surface area contributed by atoms with Gasteiger partial charge in [0.05, 0.1) is 6.61 Å². The molecule has 2 heterocycles. The Kier molecular flexibility index (Phi) is 6.51. The molecular weight excluding hydrogens is 404 g/mol. The van der Waals surface area contributed by atoms with Gasteiger partial charge in [-0.1, -0.05) is 17.7 Å². The van der Waals surface area contributed by atoms with Crippen molar-refractivity contribution >= 4 is 33.3 Å². The number of halogens is 1. The van der Waals surface area contributed by atoms with Crippen LogP contribution in [0.4, 0.5) is 5.69 Å². The fourth-order valence-electron chi connectivity index (χ4n) is 3.75. The Morgan fingerprint density at radius 3 is 2.57 bits per heavy atom. The summed E-state index contributed by atoms with van der Waals surface area (Å²) in [7, 11) is -3.72. The van der Waals surface area contributed by atoms with Crippen LogP contribution in [0.2, 0.25) is 5.02 Å². The zero-order valence-corrected chi connectivity index (χ0v) is 17.9. The molecule has 2 fully saturated rings. The number of aryl methyl sites for hydroxylation is 1. The quantitative estimate of drug-likeness (QED) is 0.676. The predicted molar refractivity (Wildman–Crippen MR) is 109 cm³/mol. The fraction of sp³-hybridized carbons (Fsp3) is 0.611. The van der Waals surface area contributed by atoms with E-state index in [9.17, 15) is 13.2 Å². The Labute approximate surface area is 171 Å². The lowest BCUT2D eigenvalue weighted by atomic mass is 10.0. The molecule has 1 aromatic rings. The molecule has 28 heavy (non-hydrogen) atoms. The van der Waals surface area contributed by atoms with E-state index in [0.717, 1.165) is 11.3 Å². The molecule has 0 aromatic heterocycles. The van der Waals surface area contributed by atoms with Crippen LogP contribution in [-0.2, 0) is 19.6 Å². The second-order valence-corrected chi connectivity index (χ2v) is 9.63. The summed E-state index contributed by atoms with van der Waals surface area (Å²) in [5, 5.41) is -0.385. The first-order valence-electron chi connectivity index (χ1n) is 9.43. The summed E-state index contributed by atoms with van der Waals surface area (Å²) in [4.78, 5) is 14.4. The maximum atomic E-state index is 13.2. The van der Waals surface area contributed by atoms with Crippen LogP contribution in [0.5, 0.6) is 0 Å². The Bertz CT molecular complexity index is 827. The third-order valence-corrected chi connectivity index (χ3v) is 7.68. The molecule has 0 saturated carbocycles. The zero-order valence-electron chi connectivity index (χ0n) is 16.3. The Morgan fingerprint density at radius 1 is 1.25 bits per heavy atom. The minimum absolute atomic E-state index is 0.215. The van der Waals surface area contributed by atoms with E-state index in [1.54, 1.807) is 13.8 Å². The predicted octanol–water partition coefficient (Wildman–Crippen LogP) is 1.10. The van der Waals surface area contributed by atoms with Crippen LogP contribution in [0.15, 0.2) is 18.2 Å². The largest absolute Gasteiger partial charge is 0.466 e. The Balaban J connectivity index is 1.72. The summed E-state index contributed by atoms with van der Waals surface area (Å²) in [6.45, 7) is 7.50. The molecule has 0 bridgehead atoms. The molecule has 0 aliphatic carbocycles. The van der Waals surface area contributed by atoms with Gasteiger partial charge in [-0.25, -0.2) is 13.8 Å². The number of hydrazine groups is 1. The third kappa shape index (κ3) is 4.13. The number of carbonyl (C=O) groups excluding carboxylic acids is 1. The van der Waals surface area contributed by atoms with Gasteiger partial charge < -0.3 is 9.64 Å². The lowest BCUT2D eigenvalue weighted by molar-refractivity contribution is -0.148. The third-order valence-electron chi connectivity index (χ3n) is 5.31. The van der Waals surface area contributed by atoms with Crippen LogP contribution in [0.3, 0.4) is 0 Å². The highest BCUT2D eigenvalue weighted by atomic mass is 35.5. The smallest absolute Gasteiger partial charge is 0.313 e. The fourth-order valence-corrected chi connectivity index (χ4v) is 5.84. The van der Waals surface area contributed by atoms with Crippen molar-refractivity contribution in [2.24, 2.45) is 5.92 Å². The van der Waals surface area contributed by atoms with E-state index in [1.165, 1.54) is 4.31 Å². The maximum absolute atomic E-state index is 13.2. The first kappa shape index (κ1) is 21.3. The standard InChI is InChI=1S/C18H27ClN4O4S/c1-4-27-18(24)16-13(3)20-21-17(16)28(25,26)23-9-7-22(8-10-23)15-11-14(19)6-5-12(15)2/h5-6,11,13,16-17,20-21H,4,7-10H2,1-3H3. The number of hydrogen-bond donors (Lipinski definition) is 2. The van der Waals surface area contributed by atoms with Crippen molar-refractivity contribution in [3.05, 3.63) is 28.8 Å². The second kappa shape index (κ2) is 8.54. The topological polar surface area (TPSA) is 91.0 Å². The molecule has 0 amide bonds. The summed E-state index contributed by atoms with van der Waals surface area (Å²) in [5.41, 5.74) is 7.76. The molecule has 2 aliphatic rings. The molecule has 3 unspecified atom stereocenters. The number of esters is 1. The summed E-state index contributed by atoms with van der Waals surface area (Å²) in [6.07, 6.45) is 0. The van der Waals surface area contributed by atoms with Crippen molar-refractivity contribution < 1.29 is 17.9 Å². The highest BCUT2D eigenvalue weighted by Crippen LogP contribution is 2.28. The summed E-state index contributed by atoms with van der Waals surface area (Å²) >= 11 is 6.12. The first-order chi connectivity index (χ1) is 13.3. The molecule has 156 valence electrons. The number of nitrogens with one attached hydrogen (secondary N) is 2. The second-order valence-electron chi connectivity index (χ2n) is 7.14. The van der Waals surface area contributed by atoms with E-state index >= 15 is 0 Å². The minimum atomic E-state index is -3.72. The van der Waals surface area contributed by atoms with Crippen molar-refractivity contribution in [1.82, 2.24) is 15.2 Å². The minimum Gasteiger partial charge on any atom is -0.466 e. The van der Waals surface area contributed by atoms with Crippen LogP contribution >= 0.6 is 11.6 Å². The molecule has 0 radical (unpaired) electrons. The van der Waals surface area contributed by atoms with Gasteiger partial charge in [-0.2, -0.15) is 4.31 Å². The highest BCUT2D eigenvalue weighted by Gasteiger charge is 2.49. The molecule has 3 rings (SSSR count). The van der Waals surface area contributed by atoms with Gasteiger partial charge in [0.2, 0.25) is 10.0 Å². The molecule has 2 N–H and O–H groups in total. The lowest BCUT2D eigenvalue weighted by Gasteiger charge is -2.37. The summed E-state index contributed by atoms with van der Waals surface area (Å²) in [6, 6.07) is 5.37. The molecule has 10 heteroatoms. The number of nitrogens with zero attached hydrogens (tertiary/aromatic N) is 2. The summed E-state index contributed by atoms with van der Waals surface area (Å²) < 4.78 is 32.9. The monoisotopic (exact) mass is 430 g/mol. The SMILES string of the molecule is CCOC(=O)C1C(C)NNC1S(=O)(=O)N1CCN(c2cc(Cl)ccc2C)CC1. The number of benzene rings is 1. The van der Waals surface area contributed by atoms with Gasteiger partial charge in [-0.15, -0.1) is 0 Å². The van der Waals surface area contributed by atoms with Crippen LogP contribution in [-0.4, -0.2) is 62.9 Å². The lowest BCUT2D eigenvalue weighted by Crippen LogP contribution is -2.55. The van der Waals surface area contributed by atoms with Crippen molar-refractivity contribution in [3.8, 4) is 0 Å². The number of carbonyl (C=O) groups is 1. The van der Waals surface area contributed by atoms with Crippen molar-refractivity contribution in [2.75, 3.05) is 37.7 Å². The van der Waals surface area contributed by atoms with E-state index < -0.39 is 27.3 Å². The van der Waals surface area contributed by atoms with Crippen LogP contribution < -0.4 is 15.8 Å². The molecule has 1 aromatic carbocycles.